The molecule has 0 fully saturated rings. The van der Waals surface area contributed by atoms with Crippen molar-refractivity contribution in [2.24, 2.45) is 5.73 Å². The van der Waals surface area contributed by atoms with Crippen molar-refractivity contribution < 1.29 is 13.5 Å². The van der Waals surface area contributed by atoms with E-state index < -0.39 is 5.82 Å². The van der Waals surface area contributed by atoms with Gasteiger partial charge in [0.25, 0.3) is 0 Å². The fourth-order valence-electron chi connectivity index (χ4n) is 1.81. The molecule has 20 heavy (non-hydrogen) atoms. The molecule has 2 aromatic rings. The Morgan fingerprint density at radius 3 is 2.65 bits per heavy atom. The maximum atomic E-state index is 14.1. The molecule has 0 saturated carbocycles. The lowest BCUT2D eigenvalue weighted by atomic mass is 10.1. The summed E-state index contributed by atoms with van der Waals surface area (Å²) in [4.78, 5) is 0.00214. The normalized spacial score (nSPS) is 10.3. The molecule has 0 amide bonds. The van der Waals surface area contributed by atoms with Crippen LogP contribution >= 0.6 is 12.2 Å². The molecular formula is C15H13F2NOS. The Balaban J connectivity index is 2.19. The first kappa shape index (κ1) is 14.4. The molecule has 2 N–H and O–H groups in total. The van der Waals surface area contributed by atoms with E-state index in [1.54, 1.807) is 19.1 Å². The van der Waals surface area contributed by atoms with Gasteiger partial charge in [0, 0.05) is 11.1 Å². The van der Waals surface area contributed by atoms with E-state index in [1.807, 2.05) is 0 Å². The van der Waals surface area contributed by atoms with Gasteiger partial charge in [-0.3, -0.25) is 0 Å². The third-order valence-electron chi connectivity index (χ3n) is 2.86. The Hall–Kier alpha value is -2.01. The molecular weight excluding hydrogens is 280 g/mol. The summed E-state index contributed by atoms with van der Waals surface area (Å²) in [5.74, 6) is -0.317. The zero-order chi connectivity index (χ0) is 14.7. The van der Waals surface area contributed by atoms with Crippen LogP contribution in [0.25, 0.3) is 0 Å². The summed E-state index contributed by atoms with van der Waals surface area (Å²) in [6, 6.07) is 8.94. The van der Waals surface area contributed by atoms with Crippen molar-refractivity contribution in [3.63, 3.8) is 0 Å². The predicted molar refractivity (Wildman–Crippen MR) is 77.8 cm³/mol. The Bertz CT molecular complexity index is 658. The number of thiocarbonyl (C=S) groups is 1. The van der Waals surface area contributed by atoms with Crippen LogP contribution in [0.4, 0.5) is 8.78 Å². The van der Waals surface area contributed by atoms with Gasteiger partial charge in [-0.2, -0.15) is 0 Å². The maximum Gasteiger partial charge on any atom is 0.139 e. The molecule has 0 atom stereocenters. The molecule has 2 rings (SSSR count). The Labute approximate surface area is 121 Å². The van der Waals surface area contributed by atoms with Crippen molar-refractivity contribution in [2.45, 2.75) is 13.5 Å². The topological polar surface area (TPSA) is 35.2 Å². The lowest BCUT2D eigenvalue weighted by Crippen LogP contribution is -2.13. The van der Waals surface area contributed by atoms with Crippen molar-refractivity contribution in [2.75, 3.05) is 0 Å². The minimum atomic E-state index is -0.486. The second-order valence-electron chi connectivity index (χ2n) is 4.34. The Morgan fingerprint density at radius 2 is 2.00 bits per heavy atom. The molecule has 0 radical (unpaired) electrons. The van der Waals surface area contributed by atoms with Crippen LogP contribution in [0.5, 0.6) is 5.75 Å². The van der Waals surface area contributed by atoms with Crippen LogP contribution < -0.4 is 10.5 Å². The first-order valence-corrected chi connectivity index (χ1v) is 6.36. The number of halogens is 2. The van der Waals surface area contributed by atoms with E-state index >= 15 is 0 Å². The van der Waals surface area contributed by atoms with Gasteiger partial charge in [-0.05, 0) is 36.8 Å². The zero-order valence-corrected chi connectivity index (χ0v) is 11.6. The van der Waals surface area contributed by atoms with Crippen molar-refractivity contribution >= 4 is 17.2 Å². The van der Waals surface area contributed by atoms with Crippen LogP contribution in [0.3, 0.4) is 0 Å². The largest absolute Gasteiger partial charge is 0.489 e. The molecule has 0 bridgehead atoms. The van der Waals surface area contributed by atoms with Gasteiger partial charge < -0.3 is 10.5 Å². The summed E-state index contributed by atoms with van der Waals surface area (Å²) in [7, 11) is 0. The van der Waals surface area contributed by atoms with Gasteiger partial charge >= 0.3 is 0 Å². The van der Waals surface area contributed by atoms with E-state index in [1.165, 1.54) is 24.3 Å². The molecule has 0 aliphatic heterocycles. The van der Waals surface area contributed by atoms with Gasteiger partial charge in [-0.15, -0.1) is 0 Å². The van der Waals surface area contributed by atoms with Gasteiger partial charge in [0.1, 0.15) is 29.0 Å². The average Bonchev–Trinajstić information content (AvgIpc) is 2.39. The minimum Gasteiger partial charge on any atom is -0.489 e. The monoisotopic (exact) mass is 293 g/mol. The van der Waals surface area contributed by atoms with E-state index in [4.69, 9.17) is 22.7 Å². The van der Waals surface area contributed by atoms with Gasteiger partial charge in [-0.25, -0.2) is 8.78 Å². The highest BCUT2D eigenvalue weighted by Gasteiger charge is 2.11. The summed E-state index contributed by atoms with van der Waals surface area (Å²) in [6.45, 7) is 1.75. The number of hydrogen-bond acceptors (Lipinski definition) is 2. The van der Waals surface area contributed by atoms with Crippen molar-refractivity contribution in [3.05, 3.63) is 64.7 Å². The van der Waals surface area contributed by atoms with E-state index in [-0.39, 0.29) is 23.0 Å². The maximum absolute atomic E-state index is 14.1. The number of hydrogen-bond donors (Lipinski definition) is 1. The highest BCUT2D eigenvalue weighted by atomic mass is 32.1. The highest BCUT2D eigenvalue weighted by Crippen LogP contribution is 2.21. The second-order valence-corrected chi connectivity index (χ2v) is 4.78. The van der Waals surface area contributed by atoms with E-state index in [0.29, 0.717) is 16.9 Å². The summed E-state index contributed by atoms with van der Waals surface area (Å²) >= 11 is 4.78. The molecule has 2 nitrogen and oxygen atoms in total. The van der Waals surface area contributed by atoms with E-state index in [9.17, 15) is 8.78 Å². The van der Waals surface area contributed by atoms with Gasteiger partial charge in [0.15, 0.2) is 0 Å². The average molecular weight is 293 g/mol. The lowest BCUT2D eigenvalue weighted by Gasteiger charge is -2.11. The number of aryl methyl sites for hydroxylation is 1. The molecule has 0 spiro atoms. The summed E-state index contributed by atoms with van der Waals surface area (Å²) in [5.41, 5.74) is 6.63. The van der Waals surface area contributed by atoms with Crippen molar-refractivity contribution in [1.82, 2.24) is 0 Å². The Morgan fingerprint density at radius 1 is 1.25 bits per heavy atom. The van der Waals surface area contributed by atoms with Crippen LogP contribution in [0, 0.1) is 18.6 Å². The molecule has 0 saturated heterocycles. The number of benzene rings is 2. The second kappa shape index (κ2) is 5.96. The molecule has 5 heteroatoms. The van der Waals surface area contributed by atoms with Crippen LogP contribution in [-0.2, 0) is 6.61 Å². The van der Waals surface area contributed by atoms with Crippen LogP contribution in [0.2, 0.25) is 0 Å². The molecule has 104 valence electrons. The number of rotatable bonds is 4. The fraction of sp³-hybridized carbons (Fsp3) is 0.133. The Kier molecular flexibility index (Phi) is 4.29. The van der Waals surface area contributed by atoms with Crippen molar-refractivity contribution in [3.8, 4) is 5.75 Å². The van der Waals surface area contributed by atoms with Gasteiger partial charge in [-0.1, -0.05) is 24.4 Å². The molecule has 0 aliphatic rings. The quantitative estimate of drug-likeness (QED) is 0.877. The molecule has 2 aromatic carbocycles. The van der Waals surface area contributed by atoms with Gasteiger partial charge in [0.2, 0.25) is 0 Å². The molecule has 0 aromatic heterocycles. The van der Waals surface area contributed by atoms with Crippen LogP contribution in [0.1, 0.15) is 16.7 Å². The molecule has 0 unspecified atom stereocenters. The summed E-state index contributed by atoms with van der Waals surface area (Å²) in [6.07, 6.45) is 0. The third kappa shape index (κ3) is 3.11. The van der Waals surface area contributed by atoms with E-state index in [0.717, 1.165) is 0 Å². The minimum absolute atomic E-state index is 0.00214. The first-order valence-electron chi connectivity index (χ1n) is 5.95. The predicted octanol–water partition coefficient (Wildman–Crippen LogP) is 3.49. The van der Waals surface area contributed by atoms with Gasteiger partial charge in [0.05, 0.1) is 0 Å². The third-order valence-corrected chi connectivity index (χ3v) is 3.08. The number of nitrogens with two attached hydrogens (primary N) is 1. The smallest absolute Gasteiger partial charge is 0.139 e. The zero-order valence-electron chi connectivity index (χ0n) is 10.8. The van der Waals surface area contributed by atoms with E-state index in [2.05, 4.69) is 0 Å². The fourth-order valence-corrected chi connectivity index (χ4v) is 1.97. The standard InChI is InChI=1S/C15H13F2NOS/c1-9-7-11(16)5-6-13(9)19-8-10-3-2-4-12(14(10)17)15(18)20/h2-7H,8H2,1H3,(H2,18,20). The molecule has 0 heterocycles. The first-order chi connectivity index (χ1) is 9.49. The van der Waals surface area contributed by atoms with Crippen molar-refractivity contribution in [1.29, 1.82) is 0 Å². The highest BCUT2D eigenvalue weighted by molar-refractivity contribution is 7.80. The van der Waals surface area contributed by atoms with Crippen LogP contribution in [0.15, 0.2) is 36.4 Å². The van der Waals surface area contributed by atoms with Crippen LogP contribution in [-0.4, -0.2) is 4.99 Å². The summed E-state index contributed by atoms with van der Waals surface area (Å²) < 4.78 is 32.6. The SMILES string of the molecule is Cc1cc(F)ccc1OCc1cccc(C(N)=S)c1F. The lowest BCUT2D eigenvalue weighted by molar-refractivity contribution is 0.297. The number of ether oxygens (including phenoxy) is 1. The molecule has 0 aliphatic carbocycles. The summed E-state index contributed by atoms with van der Waals surface area (Å²) in [5, 5.41) is 0.